The van der Waals surface area contributed by atoms with Gasteiger partial charge in [0.1, 0.15) is 5.82 Å². The molecule has 156 valence electrons. The second kappa shape index (κ2) is 9.41. The summed E-state index contributed by atoms with van der Waals surface area (Å²) in [5.74, 6) is 0.982. The molecule has 1 amide bonds. The van der Waals surface area contributed by atoms with Crippen molar-refractivity contribution in [1.82, 2.24) is 25.2 Å². The minimum atomic E-state index is -0.148. The molecule has 0 bridgehead atoms. The number of benzene rings is 1. The lowest BCUT2D eigenvalue weighted by Gasteiger charge is -2.18. The fraction of sp³-hybridized carbons (Fsp3) is 0.348. The van der Waals surface area contributed by atoms with Crippen molar-refractivity contribution >= 4 is 17.5 Å². The van der Waals surface area contributed by atoms with Crippen molar-refractivity contribution in [3.8, 4) is 0 Å². The number of likely N-dealkylation sites (tertiary alicyclic amines) is 1. The third-order valence-corrected chi connectivity index (χ3v) is 6.03. The summed E-state index contributed by atoms with van der Waals surface area (Å²) in [6, 6.07) is 11.6. The Morgan fingerprint density at radius 3 is 2.83 bits per heavy atom. The number of nitrogens with one attached hydrogen (secondary N) is 2. The summed E-state index contributed by atoms with van der Waals surface area (Å²) in [5, 5.41) is 3.76. The van der Waals surface area contributed by atoms with Crippen molar-refractivity contribution in [3.63, 3.8) is 0 Å². The van der Waals surface area contributed by atoms with Gasteiger partial charge in [0, 0.05) is 67.8 Å². The minimum absolute atomic E-state index is 0.0464. The Morgan fingerprint density at radius 1 is 1.23 bits per heavy atom. The highest BCUT2D eigenvalue weighted by Gasteiger charge is 2.38. The number of rotatable bonds is 7. The zero-order valence-corrected chi connectivity index (χ0v) is 17.8. The molecule has 0 spiro atoms. The molecule has 1 aromatic carbocycles. The standard InChI is InChI=1S/C23H26ClN5O/c1-2-22-26-12-18(28-22)13-29-14-19(16-7-5-9-25-10-16)20(15-29)23(30)27-11-17-6-3-4-8-21(17)24/h3-10,12,19-20H,2,11,13-15H2,1H3,(H,26,28)(H,27,30)/t19-,20+/m1/s1. The Kier molecular flexibility index (Phi) is 6.45. The van der Waals surface area contributed by atoms with Gasteiger partial charge in [0.25, 0.3) is 0 Å². The van der Waals surface area contributed by atoms with Gasteiger partial charge >= 0.3 is 0 Å². The molecule has 4 rings (SSSR count). The van der Waals surface area contributed by atoms with Gasteiger partial charge in [0.05, 0.1) is 5.92 Å². The minimum Gasteiger partial charge on any atom is -0.352 e. The lowest BCUT2D eigenvalue weighted by molar-refractivity contribution is -0.125. The molecular formula is C23H26ClN5O. The Hall–Kier alpha value is -2.70. The number of pyridine rings is 1. The summed E-state index contributed by atoms with van der Waals surface area (Å²) >= 11 is 6.24. The molecule has 1 aliphatic heterocycles. The molecule has 2 atom stereocenters. The van der Waals surface area contributed by atoms with E-state index in [-0.39, 0.29) is 17.7 Å². The van der Waals surface area contributed by atoms with Crippen LogP contribution in [0, 0.1) is 5.92 Å². The Labute approximate surface area is 181 Å². The molecule has 0 unspecified atom stereocenters. The Bertz CT molecular complexity index is 990. The topological polar surface area (TPSA) is 73.9 Å². The molecule has 2 aromatic heterocycles. The van der Waals surface area contributed by atoms with Crippen LogP contribution in [0.4, 0.5) is 0 Å². The number of aromatic nitrogens is 3. The van der Waals surface area contributed by atoms with Crippen LogP contribution in [-0.4, -0.2) is 38.8 Å². The van der Waals surface area contributed by atoms with Crippen LogP contribution in [0.2, 0.25) is 5.02 Å². The van der Waals surface area contributed by atoms with Crippen molar-refractivity contribution < 1.29 is 4.79 Å². The van der Waals surface area contributed by atoms with Gasteiger partial charge in [0.2, 0.25) is 5.91 Å². The van der Waals surface area contributed by atoms with E-state index in [1.54, 1.807) is 6.20 Å². The number of carbonyl (C=O) groups is 1. The van der Waals surface area contributed by atoms with E-state index in [1.165, 1.54) is 0 Å². The fourth-order valence-electron chi connectivity index (χ4n) is 4.07. The number of hydrogen-bond acceptors (Lipinski definition) is 4. The maximum atomic E-state index is 13.1. The molecule has 0 radical (unpaired) electrons. The van der Waals surface area contributed by atoms with Gasteiger partial charge in [-0.3, -0.25) is 14.7 Å². The molecule has 0 saturated carbocycles. The fourth-order valence-corrected chi connectivity index (χ4v) is 4.28. The summed E-state index contributed by atoms with van der Waals surface area (Å²) in [7, 11) is 0. The van der Waals surface area contributed by atoms with E-state index in [2.05, 4.69) is 38.2 Å². The van der Waals surface area contributed by atoms with Crippen LogP contribution in [-0.2, 0) is 24.3 Å². The number of halogens is 1. The average Bonchev–Trinajstić information content (AvgIpc) is 3.41. The van der Waals surface area contributed by atoms with Gasteiger partial charge in [-0.2, -0.15) is 0 Å². The van der Waals surface area contributed by atoms with Crippen LogP contribution in [0.25, 0.3) is 0 Å². The van der Waals surface area contributed by atoms with E-state index in [4.69, 9.17) is 11.6 Å². The van der Waals surface area contributed by atoms with E-state index < -0.39 is 0 Å². The number of aromatic amines is 1. The Balaban J connectivity index is 1.48. The molecule has 6 nitrogen and oxygen atoms in total. The maximum absolute atomic E-state index is 13.1. The third kappa shape index (κ3) is 4.71. The lowest BCUT2D eigenvalue weighted by atomic mass is 9.89. The first-order valence-electron chi connectivity index (χ1n) is 10.3. The van der Waals surface area contributed by atoms with Crippen LogP contribution in [0.5, 0.6) is 0 Å². The summed E-state index contributed by atoms with van der Waals surface area (Å²) < 4.78 is 0. The number of amides is 1. The van der Waals surface area contributed by atoms with E-state index >= 15 is 0 Å². The van der Waals surface area contributed by atoms with Gasteiger partial charge in [0.15, 0.2) is 0 Å². The van der Waals surface area contributed by atoms with E-state index in [9.17, 15) is 4.79 Å². The summed E-state index contributed by atoms with van der Waals surface area (Å²) in [6.07, 6.45) is 6.40. The van der Waals surface area contributed by atoms with Crippen molar-refractivity contribution in [3.05, 3.63) is 82.7 Å². The summed E-state index contributed by atoms with van der Waals surface area (Å²) in [5.41, 5.74) is 3.09. The van der Waals surface area contributed by atoms with Crippen LogP contribution < -0.4 is 5.32 Å². The van der Waals surface area contributed by atoms with E-state index in [0.717, 1.165) is 42.2 Å². The van der Waals surface area contributed by atoms with Gasteiger partial charge in [-0.1, -0.05) is 42.8 Å². The highest BCUT2D eigenvalue weighted by Crippen LogP contribution is 2.33. The van der Waals surface area contributed by atoms with Crippen molar-refractivity contribution in [2.45, 2.75) is 32.4 Å². The zero-order valence-electron chi connectivity index (χ0n) is 17.0. The predicted octanol–water partition coefficient (Wildman–Crippen LogP) is 3.55. The molecule has 0 aliphatic carbocycles. The molecule has 30 heavy (non-hydrogen) atoms. The molecule has 1 saturated heterocycles. The second-order valence-corrected chi connectivity index (χ2v) is 8.12. The number of imidazole rings is 1. The quantitative estimate of drug-likeness (QED) is 0.609. The van der Waals surface area contributed by atoms with Crippen LogP contribution >= 0.6 is 11.6 Å². The van der Waals surface area contributed by atoms with E-state index in [0.29, 0.717) is 18.1 Å². The monoisotopic (exact) mass is 423 g/mol. The number of hydrogen-bond donors (Lipinski definition) is 2. The normalized spacial score (nSPS) is 19.1. The second-order valence-electron chi connectivity index (χ2n) is 7.71. The molecule has 7 heteroatoms. The van der Waals surface area contributed by atoms with Crippen molar-refractivity contribution in [2.24, 2.45) is 5.92 Å². The molecule has 3 heterocycles. The first-order chi connectivity index (χ1) is 14.6. The number of nitrogens with zero attached hydrogens (tertiary/aromatic N) is 3. The SMILES string of the molecule is CCc1ncc(CN2C[C@H](C(=O)NCc3ccccc3Cl)[C@@H](c3cccnc3)C2)[nH]1. The molecular weight excluding hydrogens is 398 g/mol. The molecule has 1 aliphatic rings. The van der Waals surface area contributed by atoms with Crippen molar-refractivity contribution in [1.29, 1.82) is 0 Å². The highest BCUT2D eigenvalue weighted by molar-refractivity contribution is 6.31. The predicted molar refractivity (Wildman–Crippen MR) is 117 cm³/mol. The summed E-state index contributed by atoms with van der Waals surface area (Å²) in [6.45, 7) is 4.74. The maximum Gasteiger partial charge on any atom is 0.225 e. The Morgan fingerprint density at radius 2 is 2.10 bits per heavy atom. The lowest BCUT2D eigenvalue weighted by Crippen LogP contribution is -2.34. The molecule has 1 fully saturated rings. The van der Waals surface area contributed by atoms with Crippen LogP contribution in [0.15, 0.2) is 55.0 Å². The molecule has 2 N–H and O–H groups in total. The first-order valence-corrected chi connectivity index (χ1v) is 10.7. The first kappa shape index (κ1) is 20.6. The summed E-state index contributed by atoms with van der Waals surface area (Å²) in [4.78, 5) is 27.5. The van der Waals surface area contributed by atoms with E-state index in [1.807, 2.05) is 42.7 Å². The highest BCUT2D eigenvalue weighted by atomic mass is 35.5. The number of carbonyl (C=O) groups excluding carboxylic acids is 1. The van der Waals surface area contributed by atoms with Gasteiger partial charge in [-0.05, 0) is 23.3 Å². The van der Waals surface area contributed by atoms with Gasteiger partial charge < -0.3 is 10.3 Å². The van der Waals surface area contributed by atoms with Gasteiger partial charge in [-0.15, -0.1) is 0 Å². The largest absolute Gasteiger partial charge is 0.352 e. The van der Waals surface area contributed by atoms with Crippen LogP contribution in [0.3, 0.4) is 0 Å². The average molecular weight is 424 g/mol. The van der Waals surface area contributed by atoms with Crippen LogP contribution in [0.1, 0.15) is 35.5 Å². The van der Waals surface area contributed by atoms with Crippen molar-refractivity contribution in [2.75, 3.05) is 13.1 Å². The van der Waals surface area contributed by atoms with Gasteiger partial charge in [-0.25, -0.2) is 4.98 Å². The smallest absolute Gasteiger partial charge is 0.225 e. The third-order valence-electron chi connectivity index (χ3n) is 5.67. The number of aryl methyl sites for hydroxylation is 1. The zero-order chi connectivity index (χ0) is 20.9. The molecule has 3 aromatic rings. The number of H-pyrrole nitrogens is 1.